The minimum absolute atomic E-state index is 0.320. The van der Waals surface area contributed by atoms with Crippen LogP contribution in [0.3, 0.4) is 0 Å². The predicted octanol–water partition coefficient (Wildman–Crippen LogP) is -0.347. The second-order valence-corrected chi connectivity index (χ2v) is 6.30. The van der Waals surface area contributed by atoms with Crippen molar-refractivity contribution in [2.24, 2.45) is 5.84 Å². The first kappa shape index (κ1) is 14.9. The molecule has 1 atom stereocenters. The van der Waals surface area contributed by atoms with Crippen LogP contribution in [0.5, 0.6) is 0 Å². The summed E-state index contributed by atoms with van der Waals surface area (Å²) in [6.45, 7) is 6.72. The molecular weight excluding hydrogens is 290 g/mol. The molecule has 0 aromatic carbocycles. The zero-order valence-electron chi connectivity index (χ0n) is 12.0. The summed E-state index contributed by atoms with van der Waals surface area (Å²) in [6, 6.07) is 0.624. The Bertz CT molecular complexity index is 489. The Morgan fingerprint density at radius 3 is 3.05 bits per heavy atom. The van der Waals surface area contributed by atoms with Gasteiger partial charge < -0.3 is 4.74 Å². The van der Waals surface area contributed by atoms with Gasteiger partial charge in [0.1, 0.15) is 0 Å². The number of carbonyl (C=O) groups excluding carboxylic acids is 1. The Morgan fingerprint density at radius 2 is 2.29 bits per heavy atom. The van der Waals surface area contributed by atoms with Gasteiger partial charge in [0.15, 0.2) is 5.01 Å². The van der Waals surface area contributed by atoms with Gasteiger partial charge in [0.05, 0.1) is 18.9 Å². The fourth-order valence-electron chi connectivity index (χ4n) is 2.97. The quantitative estimate of drug-likeness (QED) is 0.449. The van der Waals surface area contributed by atoms with Gasteiger partial charge in [-0.25, -0.2) is 10.8 Å². The molecule has 0 bridgehead atoms. The molecule has 3 heterocycles. The molecule has 2 saturated heterocycles. The Balaban J connectivity index is 1.52. The average Bonchev–Trinajstić information content (AvgIpc) is 3.17. The maximum atomic E-state index is 11.4. The number of hydrogen-bond acceptors (Lipinski definition) is 7. The Kier molecular flexibility index (Phi) is 4.81. The van der Waals surface area contributed by atoms with E-state index in [4.69, 9.17) is 10.6 Å². The van der Waals surface area contributed by atoms with Gasteiger partial charge in [-0.05, 0) is 6.42 Å². The summed E-state index contributed by atoms with van der Waals surface area (Å²) in [5.41, 5.74) is 3.06. The zero-order chi connectivity index (χ0) is 14.7. The number of rotatable bonds is 4. The van der Waals surface area contributed by atoms with Crippen molar-refractivity contribution >= 4 is 17.2 Å². The van der Waals surface area contributed by atoms with Gasteiger partial charge >= 0.3 is 0 Å². The first-order valence-corrected chi connectivity index (χ1v) is 8.13. The topological polar surface area (TPSA) is 83.7 Å². The van der Waals surface area contributed by atoms with Gasteiger partial charge in [-0.2, -0.15) is 0 Å². The number of nitrogens with zero attached hydrogens (tertiary/aromatic N) is 3. The van der Waals surface area contributed by atoms with E-state index in [-0.39, 0.29) is 5.91 Å². The highest BCUT2D eigenvalue weighted by molar-refractivity contribution is 7.11. The smallest absolute Gasteiger partial charge is 0.294 e. The van der Waals surface area contributed by atoms with E-state index in [1.807, 2.05) is 5.38 Å². The summed E-state index contributed by atoms with van der Waals surface area (Å²) in [5, 5.41) is 2.36. The number of amides is 1. The molecule has 2 fully saturated rings. The average molecular weight is 311 g/mol. The molecular formula is C13H21N5O2S. The fraction of sp³-hybridized carbons (Fsp3) is 0.692. The van der Waals surface area contributed by atoms with E-state index in [2.05, 4.69) is 20.2 Å². The summed E-state index contributed by atoms with van der Waals surface area (Å²) in [6.07, 6.45) is 1.19. The number of hydrazine groups is 1. The van der Waals surface area contributed by atoms with Crippen molar-refractivity contribution in [3.05, 3.63) is 16.1 Å². The lowest BCUT2D eigenvalue weighted by Gasteiger charge is -2.32. The first-order valence-electron chi connectivity index (χ1n) is 7.26. The maximum absolute atomic E-state index is 11.4. The van der Waals surface area contributed by atoms with Crippen LogP contribution in [0, 0.1) is 0 Å². The molecule has 8 heteroatoms. The van der Waals surface area contributed by atoms with E-state index in [9.17, 15) is 4.79 Å². The lowest BCUT2D eigenvalue weighted by molar-refractivity contribution is 0.0183. The molecule has 1 aromatic heterocycles. The molecule has 3 N–H and O–H groups in total. The van der Waals surface area contributed by atoms with Crippen LogP contribution in [0.2, 0.25) is 0 Å². The van der Waals surface area contributed by atoms with Crippen LogP contribution in [0.1, 0.15) is 21.9 Å². The largest absolute Gasteiger partial charge is 0.379 e. The molecule has 0 spiro atoms. The second-order valence-electron chi connectivity index (χ2n) is 5.44. The summed E-state index contributed by atoms with van der Waals surface area (Å²) >= 11 is 1.34. The number of morpholine rings is 1. The highest BCUT2D eigenvalue weighted by atomic mass is 32.1. The van der Waals surface area contributed by atoms with E-state index in [1.54, 1.807) is 0 Å². The standard InChI is InChI=1S/C13H21N5O2S/c14-16-12(19)13-15-10(9-21-13)7-17-2-1-11(8-17)18-3-5-20-6-4-18/h9,11H,1-8,14H2,(H,16,19). The molecule has 3 rings (SSSR count). The van der Waals surface area contributed by atoms with Crippen LogP contribution in [-0.4, -0.2) is 66.1 Å². The molecule has 0 aliphatic carbocycles. The SMILES string of the molecule is NNC(=O)c1nc(CN2CCC(N3CCOCC3)C2)cs1. The van der Waals surface area contributed by atoms with Crippen LogP contribution in [-0.2, 0) is 11.3 Å². The van der Waals surface area contributed by atoms with Crippen LogP contribution in [0.15, 0.2) is 5.38 Å². The summed E-state index contributed by atoms with van der Waals surface area (Å²) in [7, 11) is 0. The van der Waals surface area contributed by atoms with Gasteiger partial charge in [-0.3, -0.25) is 20.0 Å². The zero-order valence-corrected chi connectivity index (χ0v) is 12.8. The lowest BCUT2D eigenvalue weighted by atomic mass is 10.2. The molecule has 2 aliphatic rings. The minimum atomic E-state index is -0.320. The van der Waals surface area contributed by atoms with E-state index >= 15 is 0 Å². The number of carbonyl (C=O) groups is 1. The molecule has 7 nitrogen and oxygen atoms in total. The van der Waals surface area contributed by atoms with E-state index < -0.39 is 0 Å². The summed E-state index contributed by atoms with van der Waals surface area (Å²) in [4.78, 5) is 20.7. The van der Waals surface area contributed by atoms with Gasteiger partial charge in [-0.1, -0.05) is 0 Å². The highest BCUT2D eigenvalue weighted by Crippen LogP contribution is 2.20. The highest BCUT2D eigenvalue weighted by Gasteiger charge is 2.29. The Morgan fingerprint density at radius 1 is 1.48 bits per heavy atom. The van der Waals surface area contributed by atoms with Crippen LogP contribution in [0.4, 0.5) is 0 Å². The maximum Gasteiger partial charge on any atom is 0.294 e. The molecule has 1 aromatic rings. The molecule has 1 unspecified atom stereocenters. The van der Waals surface area contributed by atoms with Gasteiger partial charge in [0.2, 0.25) is 0 Å². The molecule has 21 heavy (non-hydrogen) atoms. The van der Waals surface area contributed by atoms with Crippen LogP contribution >= 0.6 is 11.3 Å². The third-order valence-electron chi connectivity index (χ3n) is 4.07. The lowest BCUT2D eigenvalue weighted by Crippen LogP contribution is -2.44. The molecule has 0 radical (unpaired) electrons. The number of nitrogens with two attached hydrogens (primary N) is 1. The second kappa shape index (κ2) is 6.80. The number of hydrogen-bond donors (Lipinski definition) is 2. The molecule has 0 saturated carbocycles. The monoisotopic (exact) mass is 311 g/mol. The number of aromatic nitrogens is 1. The van der Waals surface area contributed by atoms with Crippen molar-refractivity contribution in [2.75, 3.05) is 39.4 Å². The van der Waals surface area contributed by atoms with Gasteiger partial charge in [0, 0.05) is 44.1 Å². The summed E-state index contributed by atoms with van der Waals surface area (Å²) in [5.74, 6) is 4.80. The van der Waals surface area contributed by atoms with Crippen LogP contribution in [0.25, 0.3) is 0 Å². The van der Waals surface area contributed by atoms with Crippen molar-refractivity contribution in [1.82, 2.24) is 20.2 Å². The predicted molar refractivity (Wildman–Crippen MR) is 79.8 cm³/mol. The van der Waals surface area contributed by atoms with Crippen LogP contribution < -0.4 is 11.3 Å². The molecule has 2 aliphatic heterocycles. The van der Waals surface area contributed by atoms with E-state index in [0.717, 1.165) is 51.6 Å². The Hall–Kier alpha value is -1.06. The van der Waals surface area contributed by atoms with Crippen molar-refractivity contribution in [2.45, 2.75) is 19.0 Å². The van der Waals surface area contributed by atoms with Crippen molar-refractivity contribution in [3.63, 3.8) is 0 Å². The van der Waals surface area contributed by atoms with Gasteiger partial charge in [0.25, 0.3) is 5.91 Å². The number of nitrogen functional groups attached to an aromatic ring is 1. The summed E-state index contributed by atoms with van der Waals surface area (Å²) < 4.78 is 5.41. The minimum Gasteiger partial charge on any atom is -0.379 e. The third-order valence-corrected chi connectivity index (χ3v) is 4.96. The fourth-order valence-corrected chi connectivity index (χ4v) is 3.68. The third kappa shape index (κ3) is 3.58. The van der Waals surface area contributed by atoms with Crippen molar-refractivity contribution < 1.29 is 9.53 Å². The first-order chi connectivity index (χ1) is 10.3. The Labute approximate surface area is 128 Å². The number of likely N-dealkylation sites (tertiary alicyclic amines) is 1. The normalized spacial score (nSPS) is 24.3. The van der Waals surface area contributed by atoms with E-state index in [0.29, 0.717) is 11.0 Å². The number of ether oxygens (including phenoxy) is 1. The molecule has 1 amide bonds. The molecule has 116 valence electrons. The van der Waals surface area contributed by atoms with Crippen molar-refractivity contribution in [3.8, 4) is 0 Å². The van der Waals surface area contributed by atoms with Gasteiger partial charge in [-0.15, -0.1) is 11.3 Å². The van der Waals surface area contributed by atoms with E-state index in [1.165, 1.54) is 17.8 Å². The number of nitrogens with one attached hydrogen (secondary N) is 1. The number of thiazole rings is 1. The van der Waals surface area contributed by atoms with Crippen molar-refractivity contribution in [1.29, 1.82) is 0 Å².